The summed E-state index contributed by atoms with van der Waals surface area (Å²) in [6.45, 7) is 17.5. The van der Waals surface area contributed by atoms with E-state index in [0.717, 1.165) is 24.0 Å². The second kappa shape index (κ2) is 21.1. The van der Waals surface area contributed by atoms with Gasteiger partial charge < -0.3 is 68.2 Å². The standard InChI is InChI=1S/C52H78O19S/c1-8-27(2)10-9-11-30(54)18-42(56)49(5)22-28(3)23-50(6)44(70-49)21-37-38(68-50)20-39-45(66-37)29(4)12-13-35-32(62-39)16-17-43-51(7,67-35)25-41-34(64-43)15-14-33-36(63-41)19-40-46(65-33)47(71-72(59,60)61)48(57)52(58,69-40)24-31(55)26-53/h8,10,14-15,29,31-48,53,55-58H,1,3,9,11-13,16-26H2,2,4-7H3,(H,59,60,61)/b27-10+/t29-,31+,32-,33+,34-,35+,36-,37+,38-,39+,40+,41+,42?,43+,44-,45-,46+,47-,48-,49-,50+,51-,52+/m0/s1. The van der Waals surface area contributed by atoms with E-state index in [1.54, 1.807) is 12.2 Å². The summed E-state index contributed by atoms with van der Waals surface area (Å²) in [4.78, 5) is 13.0. The molecule has 406 valence electrons. The van der Waals surface area contributed by atoms with E-state index in [1.165, 1.54) is 0 Å². The third-order valence-electron chi connectivity index (χ3n) is 17.2. The summed E-state index contributed by atoms with van der Waals surface area (Å²) in [7, 11) is -5.16. The first kappa shape index (κ1) is 54.7. The molecule has 0 aliphatic carbocycles. The SMILES string of the molecule is C=C/C(C)=C/CCC(=O)CC(O)[C@]1(C)CC(=C)C[C@@]2(C)O[C@H]3C[C@H]4O[C@H]5CC[C@H]6O[C@H]7C=C[C@H]8O[C@H]9[C@H](OS(=O)(=O)O)[C@H](O)[C@@](O)(C[C@@H](O)CO)O[C@@H]9C[C@@H]8O[C@@H]7C[C@]6(C)O[C@@H]5CC[C@H](C)[C@@H]4O[C@@H]3C[C@@H]2O1. The molecule has 1 unspecified atom stereocenters. The lowest BCUT2D eigenvalue weighted by Gasteiger charge is -2.54. The summed E-state index contributed by atoms with van der Waals surface area (Å²) in [6.07, 6.45) is -0.805. The van der Waals surface area contributed by atoms with Crippen LogP contribution < -0.4 is 0 Å². The molecule has 9 aliphatic heterocycles. The summed E-state index contributed by atoms with van der Waals surface area (Å²) in [6, 6.07) is 0. The lowest BCUT2D eigenvalue weighted by atomic mass is 9.79. The molecule has 0 radical (unpaired) electrons. The first-order chi connectivity index (χ1) is 33.9. The van der Waals surface area contributed by atoms with Crippen LogP contribution in [0.15, 0.2) is 48.6 Å². The fourth-order valence-corrected chi connectivity index (χ4v) is 13.8. The third kappa shape index (κ3) is 11.3. The molecule has 0 saturated carbocycles. The van der Waals surface area contributed by atoms with Crippen LogP contribution in [0.3, 0.4) is 0 Å². The van der Waals surface area contributed by atoms with Crippen LogP contribution in [0, 0.1) is 5.92 Å². The van der Waals surface area contributed by atoms with Crippen LogP contribution in [0.25, 0.3) is 0 Å². The number of hydrogen-bond acceptors (Lipinski definition) is 18. The maximum atomic E-state index is 13.0. The van der Waals surface area contributed by atoms with Crippen molar-refractivity contribution in [2.75, 3.05) is 6.61 Å². The molecule has 0 bridgehead atoms. The van der Waals surface area contributed by atoms with Gasteiger partial charge in [0.05, 0.1) is 103 Å². The highest BCUT2D eigenvalue weighted by atomic mass is 32.3. The Labute approximate surface area is 423 Å². The zero-order valence-electron chi connectivity index (χ0n) is 42.2. The Morgan fingerprint density at radius 3 is 2.24 bits per heavy atom. The molecule has 23 atom stereocenters. The minimum absolute atomic E-state index is 0.0173. The Kier molecular flexibility index (Phi) is 16.0. The first-order valence-corrected chi connectivity index (χ1v) is 27.4. The number of allylic oxidation sites excluding steroid dienone is 3. The van der Waals surface area contributed by atoms with Crippen LogP contribution in [-0.2, 0) is 62.0 Å². The van der Waals surface area contributed by atoms with Crippen molar-refractivity contribution < 1.29 is 90.1 Å². The van der Waals surface area contributed by atoms with Gasteiger partial charge in [0.1, 0.15) is 36.3 Å². The van der Waals surface area contributed by atoms with E-state index in [4.69, 9.17) is 46.8 Å². The van der Waals surface area contributed by atoms with Crippen LogP contribution >= 0.6 is 0 Å². The second-order valence-corrected chi connectivity index (χ2v) is 24.1. The largest absolute Gasteiger partial charge is 0.397 e. The van der Waals surface area contributed by atoms with E-state index in [9.17, 15) is 43.3 Å². The molecule has 0 spiro atoms. The molecule has 9 rings (SSSR count). The van der Waals surface area contributed by atoms with Gasteiger partial charge in [0, 0.05) is 44.9 Å². The topological polar surface area (TPSA) is 265 Å². The summed E-state index contributed by atoms with van der Waals surface area (Å²) in [5.74, 6) is -2.50. The molecule has 8 saturated heterocycles. The molecular formula is C52H78O19S. The Morgan fingerprint density at radius 1 is 0.819 bits per heavy atom. The smallest absolute Gasteiger partial charge is 0.394 e. The molecular weight excluding hydrogens is 961 g/mol. The maximum Gasteiger partial charge on any atom is 0.397 e. The van der Waals surface area contributed by atoms with Gasteiger partial charge in [0.25, 0.3) is 0 Å². The monoisotopic (exact) mass is 1040 g/mol. The van der Waals surface area contributed by atoms with Gasteiger partial charge in [-0.2, -0.15) is 8.42 Å². The van der Waals surface area contributed by atoms with Crippen LogP contribution in [-0.4, -0.2) is 183 Å². The van der Waals surface area contributed by atoms with Crippen LogP contribution in [0.2, 0.25) is 0 Å². The molecule has 19 nitrogen and oxygen atoms in total. The Balaban J connectivity index is 0.857. The Morgan fingerprint density at radius 2 is 1.51 bits per heavy atom. The van der Waals surface area contributed by atoms with Crippen molar-refractivity contribution in [2.24, 2.45) is 5.92 Å². The summed E-state index contributed by atoms with van der Waals surface area (Å²) < 4.78 is 99.6. The van der Waals surface area contributed by atoms with E-state index in [0.29, 0.717) is 57.8 Å². The average Bonchev–Trinajstić information content (AvgIpc) is 3.59. The molecule has 72 heavy (non-hydrogen) atoms. The van der Waals surface area contributed by atoms with Crippen molar-refractivity contribution in [3.05, 3.63) is 48.6 Å². The van der Waals surface area contributed by atoms with Gasteiger partial charge >= 0.3 is 10.4 Å². The highest BCUT2D eigenvalue weighted by molar-refractivity contribution is 7.80. The normalized spacial score (nSPS) is 48.3. The third-order valence-corrected chi connectivity index (χ3v) is 17.7. The van der Waals surface area contributed by atoms with Gasteiger partial charge in [-0.05, 0) is 78.6 Å². The number of carbonyl (C=O) groups is 1. The second-order valence-electron chi connectivity index (χ2n) is 23.0. The predicted molar refractivity (Wildman–Crippen MR) is 256 cm³/mol. The minimum Gasteiger partial charge on any atom is -0.394 e. The fraction of sp³-hybridized carbons (Fsp3) is 0.827. The molecule has 9 aliphatic rings. The van der Waals surface area contributed by atoms with Gasteiger partial charge in [-0.1, -0.05) is 55.5 Å². The number of hydrogen-bond donors (Lipinski definition) is 6. The summed E-state index contributed by atoms with van der Waals surface area (Å²) >= 11 is 0. The Hall–Kier alpha value is -2.06. The minimum atomic E-state index is -5.16. The zero-order chi connectivity index (χ0) is 51.7. The van der Waals surface area contributed by atoms with Crippen LogP contribution in [0.5, 0.6) is 0 Å². The van der Waals surface area contributed by atoms with E-state index < -0.39 is 113 Å². The number of ketones is 1. The number of Topliss-reactive ketones (excluding diaryl/α,β-unsaturated/α-hetero) is 1. The van der Waals surface area contributed by atoms with E-state index in [1.807, 2.05) is 26.0 Å². The number of rotatable bonds is 12. The highest BCUT2D eigenvalue weighted by Gasteiger charge is 2.62. The van der Waals surface area contributed by atoms with Crippen molar-refractivity contribution >= 4 is 16.2 Å². The van der Waals surface area contributed by atoms with Gasteiger partial charge in [-0.3, -0.25) is 9.35 Å². The lowest BCUT2D eigenvalue weighted by Crippen LogP contribution is -2.69. The van der Waals surface area contributed by atoms with Gasteiger partial charge in [-0.25, -0.2) is 4.18 Å². The molecule has 20 heteroatoms. The van der Waals surface area contributed by atoms with E-state index >= 15 is 0 Å². The van der Waals surface area contributed by atoms with Gasteiger partial charge in [0.15, 0.2) is 5.79 Å². The van der Waals surface area contributed by atoms with Crippen molar-refractivity contribution in [1.29, 1.82) is 0 Å². The Bertz CT molecular complexity index is 2170. The van der Waals surface area contributed by atoms with Crippen LogP contribution in [0.4, 0.5) is 0 Å². The van der Waals surface area contributed by atoms with E-state index in [-0.39, 0.29) is 67.3 Å². The van der Waals surface area contributed by atoms with E-state index in [2.05, 4.69) is 33.9 Å². The maximum absolute atomic E-state index is 13.0. The quantitative estimate of drug-likeness (QED) is 0.0927. The molecule has 6 N–H and O–H groups in total. The molecule has 9 heterocycles. The number of fused-ring (bicyclic) bond motifs is 8. The predicted octanol–water partition coefficient (Wildman–Crippen LogP) is 3.56. The van der Waals surface area contributed by atoms with Crippen molar-refractivity contribution in [1.82, 2.24) is 0 Å². The van der Waals surface area contributed by atoms with Gasteiger partial charge in [0.2, 0.25) is 0 Å². The number of ether oxygens (including phenoxy) is 9. The highest BCUT2D eigenvalue weighted by Crippen LogP contribution is 2.51. The van der Waals surface area contributed by atoms with Gasteiger partial charge in [-0.15, -0.1) is 0 Å². The number of carbonyl (C=O) groups excluding carboxylic acids is 1. The van der Waals surface area contributed by atoms with Crippen LogP contribution in [0.1, 0.15) is 125 Å². The number of aliphatic hydroxyl groups excluding tert-OH is 4. The summed E-state index contributed by atoms with van der Waals surface area (Å²) in [5, 5.41) is 53.8. The lowest BCUT2D eigenvalue weighted by molar-refractivity contribution is -0.372. The zero-order valence-corrected chi connectivity index (χ0v) is 43.0. The molecule has 0 aromatic carbocycles. The van der Waals surface area contributed by atoms with Crippen molar-refractivity contribution in [3.63, 3.8) is 0 Å². The molecule has 8 fully saturated rings. The van der Waals surface area contributed by atoms with Crippen molar-refractivity contribution in [3.8, 4) is 0 Å². The molecule has 0 aromatic heterocycles. The summed E-state index contributed by atoms with van der Waals surface area (Å²) in [5.41, 5.74) is -0.684. The first-order valence-electron chi connectivity index (χ1n) is 26.1. The molecule has 0 amide bonds. The fourth-order valence-electron chi connectivity index (χ4n) is 13.4. The molecule has 0 aromatic rings. The van der Waals surface area contributed by atoms with Crippen molar-refractivity contribution in [2.45, 2.75) is 257 Å². The average molecular weight is 1040 g/mol. The number of aliphatic hydroxyl groups is 5.